The predicted octanol–water partition coefficient (Wildman–Crippen LogP) is 5.77. The van der Waals surface area contributed by atoms with Crippen LogP contribution in [0.25, 0.3) is 21.9 Å². The minimum atomic E-state index is -4.72. The highest BCUT2D eigenvalue weighted by molar-refractivity contribution is 5.86. The quantitative estimate of drug-likeness (QED) is 0.240. The fourth-order valence-electron chi connectivity index (χ4n) is 6.68. The van der Waals surface area contributed by atoms with Crippen molar-refractivity contribution in [2.45, 2.75) is 57.0 Å². The summed E-state index contributed by atoms with van der Waals surface area (Å²) in [6.45, 7) is 3.14. The van der Waals surface area contributed by atoms with E-state index < -0.39 is 24.3 Å². The van der Waals surface area contributed by atoms with Crippen LogP contribution in [0.3, 0.4) is 0 Å². The number of anilines is 2. The summed E-state index contributed by atoms with van der Waals surface area (Å²) in [7, 11) is 0. The van der Waals surface area contributed by atoms with Crippen LogP contribution in [0.4, 0.5) is 24.9 Å². The van der Waals surface area contributed by atoms with Gasteiger partial charge in [0, 0.05) is 48.5 Å². The highest BCUT2D eigenvalue weighted by atomic mass is 19.4. The van der Waals surface area contributed by atoms with E-state index >= 15 is 0 Å². The number of rotatable bonds is 7. The van der Waals surface area contributed by atoms with E-state index in [4.69, 9.17) is 10.5 Å². The Morgan fingerprint density at radius 1 is 1.09 bits per heavy atom. The van der Waals surface area contributed by atoms with Gasteiger partial charge in [-0.3, -0.25) is 9.78 Å². The maximum atomic E-state index is 14.3. The van der Waals surface area contributed by atoms with E-state index in [9.17, 15) is 23.1 Å². The Hall–Kier alpha value is -4.45. The number of alkyl halides is 3. The lowest BCUT2D eigenvalue weighted by Gasteiger charge is -2.43. The molecule has 0 aliphatic carbocycles. The second-order valence-corrected chi connectivity index (χ2v) is 11.6. The van der Waals surface area contributed by atoms with E-state index in [0.717, 1.165) is 28.3 Å². The molecule has 0 bridgehead atoms. The number of pyridine rings is 1. The highest BCUT2D eigenvalue weighted by Crippen LogP contribution is 2.46. The van der Waals surface area contributed by atoms with Gasteiger partial charge in [0.2, 0.25) is 17.9 Å². The van der Waals surface area contributed by atoms with Gasteiger partial charge in [0.05, 0.1) is 0 Å². The van der Waals surface area contributed by atoms with Crippen molar-refractivity contribution in [3.8, 4) is 17.0 Å². The Morgan fingerprint density at radius 3 is 2.50 bits per heavy atom. The largest absolute Gasteiger partial charge is 0.480 e. The minimum absolute atomic E-state index is 0.0744. The number of carboxylic acids is 1. The molecule has 0 radical (unpaired) electrons. The van der Waals surface area contributed by atoms with Crippen LogP contribution in [0, 0.1) is 5.41 Å². The summed E-state index contributed by atoms with van der Waals surface area (Å²) in [6, 6.07) is 14.7. The van der Waals surface area contributed by atoms with Crippen molar-refractivity contribution in [3.05, 3.63) is 72.6 Å². The Labute approximate surface area is 252 Å². The van der Waals surface area contributed by atoms with Crippen LogP contribution in [0.1, 0.15) is 44.3 Å². The number of carbonyl (C=O) groups is 1. The average Bonchev–Trinajstić information content (AvgIpc) is 3.37. The summed E-state index contributed by atoms with van der Waals surface area (Å²) >= 11 is 0. The number of hydrogen-bond acceptors (Lipinski definition) is 8. The summed E-state index contributed by atoms with van der Waals surface area (Å²) in [4.78, 5) is 26.0. The third kappa shape index (κ3) is 5.86. The number of aliphatic carboxylic acids is 1. The molecular weight excluding hydrogens is 573 g/mol. The number of aromatic nitrogens is 3. The highest BCUT2D eigenvalue weighted by Gasteiger charge is 2.50. The first-order chi connectivity index (χ1) is 21.0. The van der Waals surface area contributed by atoms with Crippen LogP contribution in [0.5, 0.6) is 5.88 Å². The van der Waals surface area contributed by atoms with Gasteiger partial charge >= 0.3 is 12.1 Å². The van der Waals surface area contributed by atoms with E-state index in [1.165, 1.54) is 18.2 Å². The van der Waals surface area contributed by atoms with Crippen molar-refractivity contribution in [1.82, 2.24) is 20.3 Å². The van der Waals surface area contributed by atoms with Gasteiger partial charge in [0.25, 0.3) is 0 Å². The van der Waals surface area contributed by atoms with Crippen molar-refractivity contribution in [2.24, 2.45) is 5.41 Å². The molecule has 2 aromatic heterocycles. The topological polar surface area (TPSA) is 126 Å². The number of ether oxygens (including phenoxy) is 1. The first-order valence-electron chi connectivity index (χ1n) is 14.6. The Balaban J connectivity index is 1.20. The molecule has 12 heteroatoms. The lowest BCUT2D eigenvalue weighted by Crippen LogP contribution is -2.46. The van der Waals surface area contributed by atoms with Gasteiger partial charge in [-0.15, -0.1) is 0 Å². The van der Waals surface area contributed by atoms with E-state index in [1.54, 1.807) is 24.5 Å². The molecule has 2 aliphatic heterocycles. The van der Waals surface area contributed by atoms with Crippen LogP contribution >= 0.6 is 0 Å². The number of piperidine rings is 1. The number of halogens is 3. The molecule has 0 amide bonds. The van der Waals surface area contributed by atoms with Crippen molar-refractivity contribution in [3.63, 3.8) is 0 Å². The van der Waals surface area contributed by atoms with Gasteiger partial charge in [-0.05, 0) is 59.7 Å². The number of hydrogen-bond donors (Lipinski definition) is 3. The number of nitrogens with two attached hydrogens (primary N) is 1. The monoisotopic (exact) mass is 606 g/mol. The maximum absolute atomic E-state index is 14.3. The number of carboxylic acid groups (broad SMARTS) is 1. The molecule has 0 saturated carbocycles. The van der Waals surface area contributed by atoms with Gasteiger partial charge in [-0.1, -0.05) is 43.3 Å². The van der Waals surface area contributed by atoms with Crippen molar-refractivity contribution in [1.29, 1.82) is 0 Å². The molecule has 2 unspecified atom stereocenters. The number of nitrogens with zero attached hydrogens (tertiary/aromatic N) is 4. The molecule has 2 aliphatic rings. The first-order valence-corrected chi connectivity index (χ1v) is 14.6. The molecule has 4 heterocycles. The molecule has 9 nitrogen and oxygen atoms in total. The molecule has 6 rings (SSSR count). The summed E-state index contributed by atoms with van der Waals surface area (Å²) in [5, 5.41) is 14.7. The van der Waals surface area contributed by atoms with Gasteiger partial charge in [-0.25, -0.2) is 0 Å². The van der Waals surface area contributed by atoms with E-state index in [-0.39, 0.29) is 28.8 Å². The van der Waals surface area contributed by atoms with Crippen molar-refractivity contribution >= 4 is 28.5 Å². The lowest BCUT2D eigenvalue weighted by molar-refractivity contribution is -0.198. The Kier molecular flexibility index (Phi) is 7.79. The normalized spacial score (nSPS) is 20.6. The SMILES string of the molecule is CCC1NC(C(=O)O)CC12CCN(c1cc(O[C@H](c3ccc(-c4ccc5ccncc5c4)cc3)C(F)(F)F)nc(N)n1)CC2. The molecule has 230 valence electrons. The molecule has 44 heavy (non-hydrogen) atoms. The standard InChI is InChI=1S/C32H33F3N6O3/c1-2-25-31(17-24(38-25)29(42)43)10-13-41(14-11-31)26-16-27(40-30(36)39-26)44-28(32(33,34)35)21-6-3-19(4-7-21)22-8-5-20-9-12-37-18-23(20)15-22/h3-9,12,15-16,18,24-25,28,38H,2,10-11,13-14,17H2,1H3,(H,42,43)(H2,36,39,40)/t24?,25?,28-/m1/s1. The zero-order chi connectivity index (χ0) is 31.1. The summed E-state index contributed by atoms with van der Waals surface area (Å²) in [5.74, 6) is -0.952. The number of fused-ring (bicyclic) bond motifs is 1. The van der Waals surface area contributed by atoms with Crippen molar-refractivity contribution in [2.75, 3.05) is 23.7 Å². The van der Waals surface area contributed by atoms with Gasteiger partial charge in [0.1, 0.15) is 11.9 Å². The molecule has 4 N–H and O–H groups in total. The average molecular weight is 607 g/mol. The van der Waals surface area contributed by atoms with E-state index in [0.29, 0.717) is 38.2 Å². The molecule has 2 fully saturated rings. The van der Waals surface area contributed by atoms with Crippen molar-refractivity contribution < 1.29 is 27.8 Å². The molecule has 2 saturated heterocycles. The Morgan fingerprint density at radius 2 is 1.82 bits per heavy atom. The number of nitrogen functional groups attached to an aromatic ring is 1. The molecular formula is C32H33F3N6O3. The fraction of sp³-hybridized carbons (Fsp3) is 0.375. The van der Waals surface area contributed by atoms with Crippen LogP contribution < -0.4 is 20.7 Å². The van der Waals surface area contributed by atoms with Gasteiger partial charge < -0.3 is 25.8 Å². The van der Waals surface area contributed by atoms with E-state index in [2.05, 4.69) is 20.3 Å². The smallest absolute Gasteiger partial charge is 0.429 e. The number of nitrogens with one attached hydrogen (secondary N) is 1. The predicted molar refractivity (Wildman–Crippen MR) is 160 cm³/mol. The fourth-order valence-corrected chi connectivity index (χ4v) is 6.68. The van der Waals surface area contributed by atoms with Crippen LogP contribution in [0.15, 0.2) is 67.0 Å². The number of benzene rings is 2. The zero-order valence-corrected chi connectivity index (χ0v) is 24.1. The van der Waals surface area contributed by atoms with Crippen LogP contribution in [0.2, 0.25) is 0 Å². The maximum Gasteiger partial charge on any atom is 0.429 e. The molecule has 3 atom stereocenters. The first kappa shape index (κ1) is 29.6. The second-order valence-electron chi connectivity index (χ2n) is 11.6. The lowest BCUT2D eigenvalue weighted by atomic mass is 9.71. The molecule has 1 spiro atoms. The van der Waals surface area contributed by atoms with Gasteiger partial charge in [0.15, 0.2) is 0 Å². The summed E-state index contributed by atoms with van der Waals surface area (Å²) in [6.07, 6.45) is -0.766. The van der Waals surface area contributed by atoms with Gasteiger partial charge in [-0.2, -0.15) is 23.1 Å². The molecule has 4 aromatic rings. The minimum Gasteiger partial charge on any atom is -0.480 e. The van der Waals surface area contributed by atoms with E-state index in [1.807, 2.05) is 36.1 Å². The molecule has 2 aromatic carbocycles. The zero-order valence-electron chi connectivity index (χ0n) is 24.1. The summed E-state index contributed by atoms with van der Waals surface area (Å²) < 4.78 is 48.4. The summed E-state index contributed by atoms with van der Waals surface area (Å²) in [5.41, 5.74) is 7.31. The van der Waals surface area contributed by atoms with Crippen LogP contribution in [-0.4, -0.2) is 57.4 Å². The third-order valence-electron chi connectivity index (χ3n) is 8.97. The Bertz CT molecular complexity index is 1660. The third-order valence-corrected chi connectivity index (χ3v) is 8.97. The second kappa shape index (κ2) is 11.6. The van der Waals surface area contributed by atoms with Crippen LogP contribution in [-0.2, 0) is 4.79 Å².